The Bertz CT molecular complexity index is 445. The van der Waals surface area contributed by atoms with Gasteiger partial charge in [0.1, 0.15) is 5.75 Å². The Morgan fingerprint density at radius 1 is 1.50 bits per heavy atom. The van der Waals surface area contributed by atoms with E-state index in [0.29, 0.717) is 16.5 Å². The molecule has 0 unspecified atom stereocenters. The number of rotatable bonds is 4. The molecule has 0 aliphatic heterocycles. The number of nitrogens with two attached hydrogens (primary N) is 1. The summed E-state index contributed by atoms with van der Waals surface area (Å²) in [4.78, 5) is 0. The zero-order valence-electron chi connectivity index (χ0n) is 9.72. The zero-order chi connectivity index (χ0) is 13.9. The first-order valence-corrected chi connectivity index (χ1v) is 5.93. The molecule has 0 radical (unpaired) electrons. The number of alkyl halides is 3. The second-order valence-electron chi connectivity index (χ2n) is 4.00. The van der Waals surface area contributed by atoms with Gasteiger partial charge in [-0.3, -0.25) is 0 Å². The highest BCUT2D eigenvalue weighted by Gasteiger charge is 2.32. The van der Waals surface area contributed by atoms with Crippen LogP contribution in [-0.2, 0) is 0 Å². The molecule has 0 bridgehead atoms. The van der Waals surface area contributed by atoms with E-state index in [1.54, 1.807) is 6.92 Å². The maximum atomic E-state index is 12.3. The third-order valence-electron chi connectivity index (χ3n) is 2.17. The van der Waals surface area contributed by atoms with Crippen LogP contribution in [0.4, 0.5) is 13.2 Å². The molecule has 18 heavy (non-hydrogen) atoms. The van der Waals surface area contributed by atoms with E-state index in [1.807, 2.05) is 0 Å². The van der Waals surface area contributed by atoms with Gasteiger partial charge in [0.25, 0.3) is 0 Å². The van der Waals surface area contributed by atoms with E-state index in [2.05, 4.69) is 27.2 Å². The Hall–Kier alpha value is -1.01. The van der Waals surface area contributed by atoms with Crippen molar-refractivity contribution < 1.29 is 17.9 Å². The van der Waals surface area contributed by atoms with E-state index in [4.69, 9.17) is 5.73 Å². The minimum Gasteiger partial charge on any atom is -0.405 e. The lowest BCUT2D eigenvalue weighted by molar-refractivity contribution is -0.275. The third kappa shape index (κ3) is 4.70. The topological polar surface area (TPSA) is 35.2 Å². The van der Waals surface area contributed by atoms with Gasteiger partial charge in [-0.1, -0.05) is 21.5 Å². The Morgan fingerprint density at radius 2 is 2.11 bits per heavy atom. The van der Waals surface area contributed by atoms with Gasteiger partial charge in [-0.15, -0.1) is 19.8 Å². The maximum Gasteiger partial charge on any atom is 0.573 e. The minimum atomic E-state index is -4.73. The number of ether oxygens (including phenoxy) is 1. The van der Waals surface area contributed by atoms with E-state index in [1.165, 1.54) is 18.2 Å². The molecule has 2 nitrogen and oxygen atoms in total. The molecule has 0 saturated carbocycles. The van der Waals surface area contributed by atoms with Crippen molar-refractivity contribution in [1.82, 2.24) is 0 Å². The first kappa shape index (κ1) is 15.0. The SMILES string of the molecule is C=C(C)C[C@@H](N)c1cc(Br)ccc1OC(F)(F)F. The lowest BCUT2D eigenvalue weighted by Crippen LogP contribution is -2.20. The smallest absolute Gasteiger partial charge is 0.405 e. The van der Waals surface area contributed by atoms with Gasteiger partial charge in [0, 0.05) is 16.1 Å². The first-order valence-electron chi connectivity index (χ1n) is 5.14. The summed E-state index contributed by atoms with van der Waals surface area (Å²) in [5.41, 5.74) is 6.94. The highest BCUT2D eigenvalue weighted by Crippen LogP contribution is 2.33. The molecular formula is C12H13BrF3NO. The molecule has 0 spiro atoms. The van der Waals surface area contributed by atoms with E-state index in [9.17, 15) is 13.2 Å². The Kier molecular flexibility index (Phi) is 4.81. The number of halogens is 4. The fourth-order valence-corrected chi connectivity index (χ4v) is 1.89. The van der Waals surface area contributed by atoms with Crippen LogP contribution in [0.1, 0.15) is 24.9 Å². The third-order valence-corrected chi connectivity index (χ3v) is 2.66. The summed E-state index contributed by atoms with van der Waals surface area (Å²) in [5.74, 6) is -0.278. The summed E-state index contributed by atoms with van der Waals surface area (Å²) in [5, 5.41) is 0. The average Bonchev–Trinajstić information content (AvgIpc) is 2.17. The fraction of sp³-hybridized carbons (Fsp3) is 0.333. The van der Waals surface area contributed by atoms with Gasteiger partial charge in [0.15, 0.2) is 0 Å². The van der Waals surface area contributed by atoms with E-state index >= 15 is 0 Å². The Morgan fingerprint density at radius 3 is 2.61 bits per heavy atom. The molecule has 0 aliphatic carbocycles. The summed E-state index contributed by atoms with van der Waals surface area (Å²) >= 11 is 3.20. The van der Waals surface area contributed by atoms with Crippen LogP contribution in [0.25, 0.3) is 0 Å². The quantitative estimate of drug-likeness (QED) is 0.838. The van der Waals surface area contributed by atoms with E-state index in [-0.39, 0.29) is 5.75 Å². The molecule has 0 amide bonds. The fourth-order valence-electron chi connectivity index (χ4n) is 1.51. The maximum absolute atomic E-state index is 12.3. The van der Waals surface area contributed by atoms with Crippen molar-refractivity contribution in [3.8, 4) is 5.75 Å². The van der Waals surface area contributed by atoms with E-state index < -0.39 is 12.4 Å². The van der Waals surface area contributed by atoms with Crippen LogP contribution in [0.2, 0.25) is 0 Å². The van der Waals surface area contributed by atoms with Gasteiger partial charge >= 0.3 is 6.36 Å². The molecule has 1 aromatic rings. The summed E-state index contributed by atoms with van der Waals surface area (Å²) in [6.45, 7) is 5.46. The van der Waals surface area contributed by atoms with Crippen LogP contribution in [0.5, 0.6) is 5.75 Å². The summed E-state index contributed by atoms with van der Waals surface area (Å²) in [6.07, 6.45) is -4.34. The van der Waals surface area contributed by atoms with Crippen molar-refractivity contribution in [3.63, 3.8) is 0 Å². The molecule has 0 aliphatic rings. The van der Waals surface area contributed by atoms with Crippen LogP contribution in [0.3, 0.4) is 0 Å². The van der Waals surface area contributed by atoms with Crippen LogP contribution >= 0.6 is 15.9 Å². The largest absolute Gasteiger partial charge is 0.573 e. The van der Waals surface area contributed by atoms with Gasteiger partial charge < -0.3 is 10.5 Å². The van der Waals surface area contributed by atoms with Gasteiger partial charge in [-0.05, 0) is 31.5 Å². The highest BCUT2D eigenvalue weighted by molar-refractivity contribution is 9.10. The molecule has 0 aromatic heterocycles. The molecule has 0 fully saturated rings. The molecule has 0 heterocycles. The molecule has 1 rings (SSSR count). The zero-order valence-corrected chi connectivity index (χ0v) is 11.3. The van der Waals surface area contributed by atoms with Crippen molar-refractivity contribution >= 4 is 15.9 Å². The number of benzene rings is 1. The Labute approximate surface area is 112 Å². The van der Waals surface area contributed by atoms with Crippen LogP contribution in [0.15, 0.2) is 34.8 Å². The first-order chi connectivity index (χ1) is 8.19. The average molecular weight is 324 g/mol. The highest BCUT2D eigenvalue weighted by atomic mass is 79.9. The molecular weight excluding hydrogens is 311 g/mol. The predicted molar refractivity (Wildman–Crippen MR) is 67.2 cm³/mol. The molecule has 1 aromatic carbocycles. The standard InChI is InChI=1S/C12H13BrF3NO/c1-7(2)5-10(17)9-6-8(13)3-4-11(9)18-12(14,15)16/h3-4,6,10H,1,5,17H2,2H3/t10-/m1/s1. The van der Waals surface area contributed by atoms with Crippen molar-refractivity contribution in [3.05, 3.63) is 40.4 Å². The van der Waals surface area contributed by atoms with Crippen LogP contribution in [-0.4, -0.2) is 6.36 Å². The lowest BCUT2D eigenvalue weighted by atomic mass is 10.0. The van der Waals surface area contributed by atoms with Crippen molar-refractivity contribution in [2.75, 3.05) is 0 Å². The summed E-state index contributed by atoms with van der Waals surface area (Å²) in [6, 6.07) is 3.65. The molecule has 2 N–H and O–H groups in total. The summed E-state index contributed by atoms with van der Waals surface area (Å²) in [7, 11) is 0. The summed E-state index contributed by atoms with van der Waals surface area (Å²) < 4.78 is 41.4. The minimum absolute atomic E-state index is 0.278. The van der Waals surface area contributed by atoms with Crippen LogP contribution in [0, 0.1) is 0 Å². The lowest BCUT2D eigenvalue weighted by Gasteiger charge is -2.18. The van der Waals surface area contributed by atoms with Crippen molar-refractivity contribution in [1.29, 1.82) is 0 Å². The van der Waals surface area contributed by atoms with E-state index in [0.717, 1.165) is 5.57 Å². The monoisotopic (exact) mass is 323 g/mol. The van der Waals surface area contributed by atoms with Crippen molar-refractivity contribution in [2.24, 2.45) is 5.73 Å². The van der Waals surface area contributed by atoms with Crippen molar-refractivity contribution in [2.45, 2.75) is 25.7 Å². The normalized spacial score (nSPS) is 13.2. The van der Waals surface area contributed by atoms with Gasteiger partial charge in [-0.25, -0.2) is 0 Å². The molecule has 1 atom stereocenters. The van der Waals surface area contributed by atoms with Gasteiger partial charge in [0.05, 0.1) is 0 Å². The predicted octanol–water partition coefficient (Wildman–Crippen LogP) is 4.31. The van der Waals surface area contributed by atoms with Gasteiger partial charge in [0.2, 0.25) is 0 Å². The second kappa shape index (κ2) is 5.75. The Balaban J connectivity index is 3.07. The number of hydrogen-bond donors (Lipinski definition) is 1. The molecule has 0 saturated heterocycles. The van der Waals surface area contributed by atoms with Crippen LogP contribution < -0.4 is 10.5 Å². The van der Waals surface area contributed by atoms with Gasteiger partial charge in [-0.2, -0.15) is 0 Å². The second-order valence-corrected chi connectivity index (χ2v) is 4.91. The number of hydrogen-bond acceptors (Lipinski definition) is 2. The molecule has 6 heteroatoms. The molecule has 100 valence electrons.